The average molecular weight is 372 g/mol. The molecule has 26 heavy (non-hydrogen) atoms. The third-order valence-electron chi connectivity index (χ3n) is 4.36. The van der Waals surface area contributed by atoms with Gasteiger partial charge in [0.2, 0.25) is 0 Å². The van der Waals surface area contributed by atoms with Crippen LogP contribution < -0.4 is 10.0 Å². The van der Waals surface area contributed by atoms with Gasteiger partial charge in [0.1, 0.15) is 0 Å². The fourth-order valence-electron chi connectivity index (χ4n) is 2.60. The van der Waals surface area contributed by atoms with E-state index >= 15 is 0 Å². The molecule has 1 fully saturated rings. The van der Waals surface area contributed by atoms with Crippen molar-refractivity contribution in [3.8, 4) is 0 Å². The largest absolute Gasteiger partial charge is 0.349 e. The Labute approximate surface area is 154 Å². The molecule has 3 rings (SSSR count). The topological polar surface area (TPSA) is 75.3 Å². The molecule has 0 heterocycles. The Balaban J connectivity index is 1.84. The fraction of sp³-hybridized carbons (Fsp3) is 0.350. The lowest BCUT2D eigenvalue weighted by Gasteiger charge is -2.19. The monoisotopic (exact) mass is 372 g/mol. The zero-order chi connectivity index (χ0) is 18.9. The van der Waals surface area contributed by atoms with Crippen LogP contribution in [0.2, 0.25) is 0 Å². The maximum absolute atomic E-state index is 12.7. The lowest BCUT2D eigenvalue weighted by Crippen LogP contribution is -2.27. The van der Waals surface area contributed by atoms with Crippen molar-refractivity contribution < 1.29 is 13.2 Å². The molecule has 0 bridgehead atoms. The van der Waals surface area contributed by atoms with Gasteiger partial charge < -0.3 is 5.32 Å². The van der Waals surface area contributed by atoms with Gasteiger partial charge >= 0.3 is 0 Å². The van der Waals surface area contributed by atoms with E-state index in [1.54, 1.807) is 36.4 Å². The number of nitrogens with one attached hydrogen (secondary N) is 2. The summed E-state index contributed by atoms with van der Waals surface area (Å²) in [5, 5.41) is 2.89. The molecule has 0 saturated heterocycles. The van der Waals surface area contributed by atoms with E-state index < -0.39 is 10.0 Å². The number of para-hydroxylation sites is 1. The zero-order valence-corrected chi connectivity index (χ0v) is 16.1. The SMILES string of the molecule is CC(C)(C)c1ccc(S(=O)(=O)Nc2ccccc2C(=O)NC2CC2)cc1. The van der Waals surface area contributed by atoms with Crippen LogP contribution in [0.15, 0.2) is 53.4 Å². The summed E-state index contributed by atoms with van der Waals surface area (Å²) in [6.07, 6.45) is 1.94. The van der Waals surface area contributed by atoms with E-state index in [1.165, 1.54) is 0 Å². The Bertz CT molecular complexity index is 909. The third-order valence-corrected chi connectivity index (χ3v) is 5.74. The van der Waals surface area contributed by atoms with Gasteiger partial charge in [0.15, 0.2) is 0 Å². The summed E-state index contributed by atoms with van der Waals surface area (Å²) < 4.78 is 28.0. The molecule has 0 atom stereocenters. The minimum absolute atomic E-state index is 0.0524. The van der Waals surface area contributed by atoms with E-state index in [1.807, 2.05) is 12.1 Å². The van der Waals surface area contributed by atoms with Gasteiger partial charge in [-0.2, -0.15) is 0 Å². The van der Waals surface area contributed by atoms with Crippen molar-refractivity contribution in [3.05, 3.63) is 59.7 Å². The number of hydrogen-bond donors (Lipinski definition) is 2. The molecule has 6 heteroatoms. The second-order valence-electron chi connectivity index (χ2n) is 7.67. The van der Waals surface area contributed by atoms with Crippen LogP contribution >= 0.6 is 0 Å². The second-order valence-corrected chi connectivity index (χ2v) is 9.36. The number of anilines is 1. The van der Waals surface area contributed by atoms with E-state index in [9.17, 15) is 13.2 Å². The molecule has 2 aromatic carbocycles. The van der Waals surface area contributed by atoms with Gasteiger partial charge in [0.25, 0.3) is 15.9 Å². The van der Waals surface area contributed by atoms with E-state index in [0.29, 0.717) is 5.56 Å². The molecule has 1 amide bonds. The first-order chi connectivity index (χ1) is 12.2. The van der Waals surface area contributed by atoms with Crippen LogP contribution in [-0.4, -0.2) is 20.4 Å². The van der Waals surface area contributed by atoms with Gasteiger partial charge in [-0.15, -0.1) is 0 Å². The van der Waals surface area contributed by atoms with Crippen LogP contribution in [0.3, 0.4) is 0 Å². The van der Waals surface area contributed by atoms with Gasteiger partial charge in [-0.05, 0) is 48.1 Å². The van der Waals surface area contributed by atoms with E-state index in [0.717, 1.165) is 18.4 Å². The molecule has 5 nitrogen and oxygen atoms in total. The zero-order valence-electron chi connectivity index (χ0n) is 15.2. The van der Waals surface area contributed by atoms with Crippen LogP contribution in [0.5, 0.6) is 0 Å². The summed E-state index contributed by atoms with van der Waals surface area (Å²) in [6.45, 7) is 6.22. The lowest BCUT2D eigenvalue weighted by atomic mass is 9.87. The molecule has 0 aliphatic heterocycles. The number of amides is 1. The Morgan fingerprint density at radius 2 is 1.62 bits per heavy atom. The van der Waals surface area contributed by atoms with Gasteiger partial charge in [0.05, 0.1) is 16.1 Å². The molecule has 0 spiro atoms. The fourth-order valence-corrected chi connectivity index (χ4v) is 3.68. The number of sulfonamides is 1. The minimum atomic E-state index is -3.77. The van der Waals surface area contributed by atoms with E-state index in [2.05, 4.69) is 30.8 Å². The van der Waals surface area contributed by atoms with Crippen molar-refractivity contribution >= 4 is 21.6 Å². The highest BCUT2D eigenvalue weighted by Crippen LogP contribution is 2.26. The molecule has 0 unspecified atom stereocenters. The second kappa shape index (κ2) is 6.76. The Hall–Kier alpha value is -2.34. The molecule has 2 aromatic rings. The van der Waals surface area contributed by atoms with Crippen molar-refractivity contribution in [1.82, 2.24) is 5.32 Å². The summed E-state index contributed by atoms with van der Waals surface area (Å²) >= 11 is 0. The molecule has 1 aliphatic carbocycles. The van der Waals surface area contributed by atoms with Crippen molar-refractivity contribution in [3.63, 3.8) is 0 Å². The van der Waals surface area contributed by atoms with E-state index in [4.69, 9.17) is 0 Å². The van der Waals surface area contributed by atoms with Crippen LogP contribution in [0.4, 0.5) is 5.69 Å². The highest BCUT2D eigenvalue weighted by atomic mass is 32.2. The summed E-state index contributed by atoms with van der Waals surface area (Å²) in [5.41, 5.74) is 1.61. The normalized spacial score (nSPS) is 14.7. The minimum Gasteiger partial charge on any atom is -0.349 e. The lowest BCUT2D eigenvalue weighted by molar-refractivity contribution is 0.0952. The molecule has 2 N–H and O–H groups in total. The Morgan fingerprint density at radius 1 is 1.00 bits per heavy atom. The molecule has 0 aromatic heterocycles. The number of carbonyl (C=O) groups is 1. The first-order valence-corrected chi connectivity index (χ1v) is 10.2. The predicted octanol–water partition coefficient (Wildman–Crippen LogP) is 3.68. The molecule has 138 valence electrons. The predicted molar refractivity (Wildman–Crippen MR) is 103 cm³/mol. The summed E-state index contributed by atoms with van der Waals surface area (Å²) in [7, 11) is -3.77. The van der Waals surface area contributed by atoms with Crippen molar-refractivity contribution in [2.75, 3.05) is 4.72 Å². The van der Waals surface area contributed by atoms with E-state index in [-0.39, 0.29) is 27.9 Å². The van der Waals surface area contributed by atoms with Crippen molar-refractivity contribution in [2.24, 2.45) is 0 Å². The maximum atomic E-state index is 12.7. The van der Waals surface area contributed by atoms with Crippen molar-refractivity contribution in [2.45, 2.75) is 50.0 Å². The van der Waals surface area contributed by atoms with Gasteiger partial charge in [-0.1, -0.05) is 45.0 Å². The number of rotatable bonds is 5. The highest BCUT2D eigenvalue weighted by molar-refractivity contribution is 7.92. The molecule has 0 radical (unpaired) electrons. The summed E-state index contributed by atoms with van der Waals surface area (Å²) in [5.74, 6) is -0.256. The first kappa shape index (κ1) is 18.5. The van der Waals surface area contributed by atoms with Crippen LogP contribution in [-0.2, 0) is 15.4 Å². The quantitative estimate of drug-likeness (QED) is 0.841. The third kappa shape index (κ3) is 4.25. The average Bonchev–Trinajstić information content (AvgIpc) is 3.38. The highest BCUT2D eigenvalue weighted by Gasteiger charge is 2.26. The molecular weight excluding hydrogens is 348 g/mol. The molecule has 1 aliphatic rings. The smallest absolute Gasteiger partial charge is 0.261 e. The summed E-state index contributed by atoms with van der Waals surface area (Å²) in [4.78, 5) is 12.5. The van der Waals surface area contributed by atoms with Gasteiger partial charge in [0, 0.05) is 6.04 Å². The Morgan fingerprint density at radius 3 is 2.19 bits per heavy atom. The number of benzene rings is 2. The van der Waals surface area contributed by atoms with Crippen molar-refractivity contribution in [1.29, 1.82) is 0 Å². The first-order valence-electron chi connectivity index (χ1n) is 8.70. The number of carbonyl (C=O) groups excluding carboxylic acids is 1. The van der Waals surface area contributed by atoms with Gasteiger partial charge in [-0.3, -0.25) is 9.52 Å². The summed E-state index contributed by atoms with van der Waals surface area (Å²) in [6, 6.07) is 13.7. The standard InChI is InChI=1S/C20H24N2O3S/c1-20(2,3)14-8-12-16(13-9-14)26(24,25)22-18-7-5-4-6-17(18)19(23)21-15-10-11-15/h4-9,12-13,15,22H,10-11H2,1-3H3,(H,21,23). The van der Waals surface area contributed by atoms with Crippen LogP contribution in [0, 0.1) is 0 Å². The van der Waals surface area contributed by atoms with Crippen LogP contribution in [0.25, 0.3) is 0 Å². The van der Waals surface area contributed by atoms with Crippen LogP contribution in [0.1, 0.15) is 49.5 Å². The number of hydrogen-bond acceptors (Lipinski definition) is 3. The van der Waals surface area contributed by atoms with Gasteiger partial charge in [-0.25, -0.2) is 8.42 Å². The Kier molecular flexibility index (Phi) is 4.80. The maximum Gasteiger partial charge on any atom is 0.261 e. The molecule has 1 saturated carbocycles. The molecular formula is C20H24N2O3S.